The van der Waals surface area contributed by atoms with E-state index in [0.717, 1.165) is 11.6 Å². The minimum absolute atomic E-state index is 0.202. The second-order valence-corrected chi connectivity index (χ2v) is 3.64. The van der Waals surface area contributed by atoms with Crippen LogP contribution in [0.4, 0.5) is 4.39 Å². The molecule has 1 heterocycles. The highest BCUT2D eigenvalue weighted by molar-refractivity contribution is 5.94. The molecular formula is C12H15FN2O. The molecule has 1 rings (SSSR count). The monoisotopic (exact) mass is 222 g/mol. The van der Waals surface area contributed by atoms with Gasteiger partial charge in [-0.15, -0.1) is 0 Å². The van der Waals surface area contributed by atoms with Gasteiger partial charge in [-0.2, -0.15) is 4.39 Å². The SMILES string of the molecule is C=C(C)CN(CC)C(=O)c1ccnc(F)c1. The summed E-state index contributed by atoms with van der Waals surface area (Å²) in [4.78, 5) is 17.0. The molecule has 3 nitrogen and oxygen atoms in total. The van der Waals surface area contributed by atoms with Crippen molar-refractivity contribution in [2.24, 2.45) is 0 Å². The molecule has 0 saturated heterocycles. The molecule has 0 aliphatic carbocycles. The lowest BCUT2D eigenvalue weighted by atomic mass is 10.2. The molecule has 0 aromatic carbocycles. The lowest BCUT2D eigenvalue weighted by Crippen LogP contribution is -2.32. The van der Waals surface area contributed by atoms with Crippen LogP contribution in [0.15, 0.2) is 30.5 Å². The van der Waals surface area contributed by atoms with Crippen LogP contribution in [0.2, 0.25) is 0 Å². The number of halogens is 1. The number of carbonyl (C=O) groups is 1. The highest BCUT2D eigenvalue weighted by atomic mass is 19.1. The van der Waals surface area contributed by atoms with Gasteiger partial charge in [-0.3, -0.25) is 4.79 Å². The lowest BCUT2D eigenvalue weighted by Gasteiger charge is -2.20. The number of amides is 1. The van der Waals surface area contributed by atoms with E-state index < -0.39 is 5.95 Å². The Morgan fingerprint density at radius 1 is 1.62 bits per heavy atom. The summed E-state index contributed by atoms with van der Waals surface area (Å²) in [5.41, 5.74) is 1.21. The molecule has 0 fully saturated rings. The van der Waals surface area contributed by atoms with Crippen LogP contribution in [0.25, 0.3) is 0 Å². The summed E-state index contributed by atoms with van der Waals surface area (Å²) in [7, 11) is 0. The smallest absolute Gasteiger partial charge is 0.254 e. The number of rotatable bonds is 4. The van der Waals surface area contributed by atoms with Gasteiger partial charge in [0.1, 0.15) is 0 Å². The second kappa shape index (κ2) is 5.39. The van der Waals surface area contributed by atoms with E-state index in [1.54, 1.807) is 4.90 Å². The molecule has 16 heavy (non-hydrogen) atoms. The van der Waals surface area contributed by atoms with E-state index in [-0.39, 0.29) is 5.91 Å². The Kier molecular flexibility index (Phi) is 4.17. The van der Waals surface area contributed by atoms with Crippen LogP contribution in [0, 0.1) is 5.95 Å². The molecule has 0 atom stereocenters. The number of aromatic nitrogens is 1. The van der Waals surface area contributed by atoms with Gasteiger partial charge < -0.3 is 4.90 Å². The first-order valence-electron chi connectivity index (χ1n) is 5.09. The number of hydrogen-bond donors (Lipinski definition) is 0. The summed E-state index contributed by atoms with van der Waals surface area (Å²) in [5.74, 6) is -0.843. The summed E-state index contributed by atoms with van der Waals surface area (Å²) in [6, 6.07) is 2.65. The first-order valence-corrected chi connectivity index (χ1v) is 5.09. The number of carbonyl (C=O) groups excluding carboxylic acids is 1. The topological polar surface area (TPSA) is 33.2 Å². The standard InChI is InChI=1S/C12H15FN2O/c1-4-15(8-9(2)3)12(16)10-5-6-14-11(13)7-10/h5-7H,2,4,8H2,1,3H3. The molecule has 1 aromatic heterocycles. The largest absolute Gasteiger partial charge is 0.335 e. The van der Waals surface area contributed by atoms with Gasteiger partial charge in [0.25, 0.3) is 5.91 Å². The van der Waals surface area contributed by atoms with Crippen LogP contribution in [0.5, 0.6) is 0 Å². The van der Waals surface area contributed by atoms with Gasteiger partial charge in [-0.1, -0.05) is 12.2 Å². The Morgan fingerprint density at radius 2 is 2.31 bits per heavy atom. The van der Waals surface area contributed by atoms with Crippen molar-refractivity contribution in [1.29, 1.82) is 0 Å². The zero-order valence-corrected chi connectivity index (χ0v) is 9.53. The van der Waals surface area contributed by atoms with Crippen molar-refractivity contribution in [3.8, 4) is 0 Å². The fourth-order valence-electron chi connectivity index (χ4n) is 1.37. The van der Waals surface area contributed by atoms with Crippen molar-refractivity contribution < 1.29 is 9.18 Å². The van der Waals surface area contributed by atoms with Crippen LogP contribution in [0.1, 0.15) is 24.2 Å². The van der Waals surface area contributed by atoms with Crippen molar-refractivity contribution in [1.82, 2.24) is 9.88 Å². The quantitative estimate of drug-likeness (QED) is 0.578. The Balaban J connectivity index is 2.86. The van der Waals surface area contributed by atoms with Crippen molar-refractivity contribution in [3.05, 3.63) is 42.0 Å². The number of likely N-dealkylation sites (N-methyl/N-ethyl adjacent to an activating group) is 1. The molecule has 0 spiro atoms. The Morgan fingerprint density at radius 3 is 2.81 bits per heavy atom. The van der Waals surface area contributed by atoms with Crippen LogP contribution in [-0.2, 0) is 0 Å². The van der Waals surface area contributed by atoms with E-state index in [2.05, 4.69) is 11.6 Å². The summed E-state index contributed by atoms with van der Waals surface area (Å²) < 4.78 is 12.9. The molecule has 1 amide bonds. The van der Waals surface area contributed by atoms with Gasteiger partial charge in [0.2, 0.25) is 5.95 Å². The van der Waals surface area contributed by atoms with E-state index >= 15 is 0 Å². The predicted molar refractivity (Wildman–Crippen MR) is 60.6 cm³/mol. The van der Waals surface area contributed by atoms with Gasteiger partial charge >= 0.3 is 0 Å². The third kappa shape index (κ3) is 3.15. The fourth-order valence-corrected chi connectivity index (χ4v) is 1.37. The van der Waals surface area contributed by atoms with Crippen molar-refractivity contribution in [2.75, 3.05) is 13.1 Å². The second-order valence-electron chi connectivity index (χ2n) is 3.64. The van der Waals surface area contributed by atoms with Gasteiger partial charge in [0, 0.05) is 30.9 Å². The van der Waals surface area contributed by atoms with Crippen molar-refractivity contribution >= 4 is 5.91 Å². The summed E-state index contributed by atoms with van der Waals surface area (Å²) in [6.07, 6.45) is 1.29. The molecule has 0 N–H and O–H groups in total. The molecule has 0 aliphatic rings. The molecule has 0 aliphatic heterocycles. The highest BCUT2D eigenvalue weighted by Gasteiger charge is 2.14. The van der Waals surface area contributed by atoms with Gasteiger partial charge in [-0.25, -0.2) is 4.98 Å². The summed E-state index contributed by atoms with van der Waals surface area (Å²) in [6.45, 7) is 8.53. The Hall–Kier alpha value is -1.71. The molecule has 4 heteroatoms. The van der Waals surface area contributed by atoms with Crippen LogP contribution in [-0.4, -0.2) is 28.9 Å². The van der Waals surface area contributed by atoms with Gasteiger partial charge in [0.05, 0.1) is 0 Å². The number of pyridine rings is 1. The van der Waals surface area contributed by atoms with E-state index in [1.165, 1.54) is 12.3 Å². The fraction of sp³-hybridized carbons (Fsp3) is 0.333. The Bertz CT molecular complexity index is 404. The molecule has 0 unspecified atom stereocenters. The van der Waals surface area contributed by atoms with E-state index in [9.17, 15) is 9.18 Å². The average molecular weight is 222 g/mol. The number of nitrogens with zero attached hydrogens (tertiary/aromatic N) is 2. The van der Waals surface area contributed by atoms with Crippen LogP contribution < -0.4 is 0 Å². The zero-order chi connectivity index (χ0) is 12.1. The number of hydrogen-bond acceptors (Lipinski definition) is 2. The van der Waals surface area contributed by atoms with E-state index in [4.69, 9.17) is 0 Å². The summed E-state index contributed by atoms with van der Waals surface area (Å²) in [5, 5.41) is 0. The lowest BCUT2D eigenvalue weighted by molar-refractivity contribution is 0.0777. The molecular weight excluding hydrogens is 207 g/mol. The maximum absolute atomic E-state index is 12.9. The van der Waals surface area contributed by atoms with Crippen LogP contribution in [0.3, 0.4) is 0 Å². The molecule has 0 saturated carbocycles. The van der Waals surface area contributed by atoms with E-state index in [1.807, 2.05) is 13.8 Å². The zero-order valence-electron chi connectivity index (χ0n) is 9.53. The predicted octanol–water partition coefficient (Wildman–Crippen LogP) is 2.26. The van der Waals surface area contributed by atoms with Crippen molar-refractivity contribution in [3.63, 3.8) is 0 Å². The Labute approximate surface area is 94.6 Å². The first-order chi connectivity index (χ1) is 7.54. The average Bonchev–Trinajstić information content (AvgIpc) is 2.24. The third-order valence-electron chi connectivity index (χ3n) is 2.10. The van der Waals surface area contributed by atoms with Gasteiger partial charge in [-0.05, 0) is 19.9 Å². The minimum atomic E-state index is -0.641. The molecule has 0 radical (unpaired) electrons. The van der Waals surface area contributed by atoms with Gasteiger partial charge in [0.15, 0.2) is 0 Å². The van der Waals surface area contributed by atoms with Crippen LogP contribution >= 0.6 is 0 Å². The molecule has 0 bridgehead atoms. The third-order valence-corrected chi connectivity index (χ3v) is 2.10. The van der Waals surface area contributed by atoms with E-state index in [0.29, 0.717) is 18.7 Å². The molecule has 1 aromatic rings. The minimum Gasteiger partial charge on any atom is -0.335 e. The molecule has 86 valence electrons. The van der Waals surface area contributed by atoms with Crippen molar-refractivity contribution in [2.45, 2.75) is 13.8 Å². The highest BCUT2D eigenvalue weighted by Crippen LogP contribution is 2.07. The normalized spacial score (nSPS) is 9.94. The first kappa shape index (κ1) is 12.4. The maximum atomic E-state index is 12.9. The summed E-state index contributed by atoms with van der Waals surface area (Å²) >= 11 is 0. The maximum Gasteiger partial charge on any atom is 0.254 e.